The lowest BCUT2D eigenvalue weighted by atomic mass is 9.91. The molecule has 0 saturated carbocycles. The zero-order valence-corrected chi connectivity index (χ0v) is 13.3. The van der Waals surface area contributed by atoms with Crippen molar-refractivity contribution in [3.8, 4) is 11.1 Å². The van der Waals surface area contributed by atoms with Gasteiger partial charge in [0, 0.05) is 18.7 Å². The number of likely N-dealkylation sites (tertiary alicyclic amines) is 1. The lowest BCUT2D eigenvalue weighted by molar-refractivity contribution is 0.0623. The molecule has 2 nitrogen and oxygen atoms in total. The average Bonchev–Trinajstić information content (AvgIpc) is 2.54. The van der Waals surface area contributed by atoms with E-state index in [-0.39, 0.29) is 5.91 Å². The molecular formula is C20H23NO. The highest BCUT2D eigenvalue weighted by atomic mass is 16.2. The first-order valence-corrected chi connectivity index (χ1v) is 8.08. The second-order valence-electron chi connectivity index (χ2n) is 6.60. The van der Waals surface area contributed by atoms with Crippen LogP contribution in [0.2, 0.25) is 0 Å². The lowest BCUT2D eigenvalue weighted by Gasteiger charge is -2.35. The number of rotatable bonds is 2. The minimum Gasteiger partial charge on any atom is -0.338 e. The number of hydrogen-bond acceptors (Lipinski definition) is 1. The maximum Gasteiger partial charge on any atom is 0.253 e. The first-order chi connectivity index (χ1) is 10.6. The van der Waals surface area contributed by atoms with Gasteiger partial charge in [0.05, 0.1) is 0 Å². The predicted molar refractivity (Wildman–Crippen MR) is 90.7 cm³/mol. The van der Waals surface area contributed by atoms with Crippen LogP contribution in [0.5, 0.6) is 0 Å². The van der Waals surface area contributed by atoms with Crippen LogP contribution in [0.4, 0.5) is 0 Å². The number of benzene rings is 2. The van der Waals surface area contributed by atoms with E-state index in [9.17, 15) is 4.79 Å². The standard InChI is InChI=1S/C20H23NO/c1-15-12-16(2)14-21(13-15)20(22)19-10-8-18(9-11-19)17-6-4-3-5-7-17/h3-11,15-16H,12-14H2,1-2H3. The Morgan fingerprint density at radius 2 is 1.41 bits per heavy atom. The Morgan fingerprint density at radius 3 is 2.00 bits per heavy atom. The Bertz CT molecular complexity index is 623. The van der Waals surface area contributed by atoms with Crippen LogP contribution in [0.1, 0.15) is 30.6 Å². The van der Waals surface area contributed by atoms with Crippen molar-refractivity contribution < 1.29 is 4.79 Å². The summed E-state index contributed by atoms with van der Waals surface area (Å²) in [5.74, 6) is 1.35. The summed E-state index contributed by atoms with van der Waals surface area (Å²) in [6.45, 7) is 6.22. The van der Waals surface area contributed by atoms with Crippen molar-refractivity contribution in [2.75, 3.05) is 13.1 Å². The van der Waals surface area contributed by atoms with E-state index in [4.69, 9.17) is 0 Å². The average molecular weight is 293 g/mol. The van der Waals surface area contributed by atoms with Gasteiger partial charge in [-0.15, -0.1) is 0 Å². The molecule has 2 unspecified atom stereocenters. The lowest BCUT2D eigenvalue weighted by Crippen LogP contribution is -2.42. The van der Waals surface area contributed by atoms with Gasteiger partial charge in [0.25, 0.3) is 5.91 Å². The molecule has 22 heavy (non-hydrogen) atoms. The van der Waals surface area contributed by atoms with E-state index in [1.54, 1.807) is 0 Å². The van der Waals surface area contributed by atoms with E-state index < -0.39 is 0 Å². The smallest absolute Gasteiger partial charge is 0.253 e. The Morgan fingerprint density at radius 1 is 0.864 bits per heavy atom. The summed E-state index contributed by atoms with van der Waals surface area (Å²) < 4.78 is 0. The molecule has 114 valence electrons. The molecule has 1 heterocycles. The Labute approximate surface area is 132 Å². The first kappa shape index (κ1) is 14.8. The van der Waals surface area contributed by atoms with Crippen molar-refractivity contribution in [3.05, 3.63) is 60.2 Å². The highest BCUT2D eigenvalue weighted by Crippen LogP contribution is 2.24. The summed E-state index contributed by atoms with van der Waals surface area (Å²) in [5, 5.41) is 0. The van der Waals surface area contributed by atoms with Crippen molar-refractivity contribution in [1.29, 1.82) is 0 Å². The van der Waals surface area contributed by atoms with Gasteiger partial charge in [0.15, 0.2) is 0 Å². The molecule has 3 rings (SSSR count). The van der Waals surface area contributed by atoms with Crippen LogP contribution in [0, 0.1) is 11.8 Å². The van der Waals surface area contributed by atoms with Crippen molar-refractivity contribution in [1.82, 2.24) is 4.90 Å². The van der Waals surface area contributed by atoms with Crippen molar-refractivity contribution in [2.24, 2.45) is 11.8 Å². The number of hydrogen-bond donors (Lipinski definition) is 0. The fraction of sp³-hybridized carbons (Fsp3) is 0.350. The van der Waals surface area contributed by atoms with E-state index in [1.165, 1.54) is 12.0 Å². The van der Waals surface area contributed by atoms with Crippen LogP contribution in [0.3, 0.4) is 0 Å². The molecule has 1 aliphatic rings. The fourth-order valence-corrected chi connectivity index (χ4v) is 3.45. The van der Waals surface area contributed by atoms with Crippen LogP contribution in [-0.4, -0.2) is 23.9 Å². The van der Waals surface area contributed by atoms with Crippen LogP contribution in [0.25, 0.3) is 11.1 Å². The van der Waals surface area contributed by atoms with Gasteiger partial charge < -0.3 is 4.90 Å². The summed E-state index contributed by atoms with van der Waals surface area (Å²) in [6, 6.07) is 18.2. The quantitative estimate of drug-likeness (QED) is 0.800. The molecule has 2 aromatic rings. The molecule has 1 aliphatic heterocycles. The van der Waals surface area contributed by atoms with Crippen molar-refractivity contribution in [3.63, 3.8) is 0 Å². The molecule has 0 aliphatic carbocycles. The number of carbonyl (C=O) groups is 1. The van der Waals surface area contributed by atoms with Crippen LogP contribution in [0.15, 0.2) is 54.6 Å². The minimum absolute atomic E-state index is 0.165. The van der Waals surface area contributed by atoms with Gasteiger partial charge in [-0.3, -0.25) is 4.79 Å². The summed E-state index contributed by atoms with van der Waals surface area (Å²) in [5.41, 5.74) is 3.13. The first-order valence-electron chi connectivity index (χ1n) is 8.08. The zero-order chi connectivity index (χ0) is 15.5. The van der Waals surface area contributed by atoms with Crippen LogP contribution < -0.4 is 0 Å². The van der Waals surface area contributed by atoms with E-state index in [0.717, 1.165) is 24.2 Å². The van der Waals surface area contributed by atoms with Gasteiger partial charge in [-0.1, -0.05) is 56.3 Å². The third-order valence-corrected chi connectivity index (χ3v) is 4.40. The SMILES string of the molecule is CC1CC(C)CN(C(=O)c2ccc(-c3ccccc3)cc2)C1. The summed E-state index contributed by atoms with van der Waals surface area (Å²) in [4.78, 5) is 14.7. The molecule has 2 atom stereocenters. The molecule has 1 fully saturated rings. The van der Waals surface area contributed by atoms with E-state index in [2.05, 4.69) is 26.0 Å². The number of carbonyl (C=O) groups excluding carboxylic acids is 1. The van der Waals surface area contributed by atoms with Gasteiger partial charge in [-0.05, 0) is 41.5 Å². The fourth-order valence-electron chi connectivity index (χ4n) is 3.45. The van der Waals surface area contributed by atoms with Gasteiger partial charge in [-0.25, -0.2) is 0 Å². The third-order valence-electron chi connectivity index (χ3n) is 4.40. The molecule has 1 saturated heterocycles. The topological polar surface area (TPSA) is 20.3 Å². The maximum atomic E-state index is 12.7. The van der Waals surface area contributed by atoms with Gasteiger partial charge in [0.1, 0.15) is 0 Å². The largest absolute Gasteiger partial charge is 0.338 e. The van der Waals surface area contributed by atoms with Crippen molar-refractivity contribution >= 4 is 5.91 Å². The second kappa shape index (κ2) is 6.35. The molecule has 0 aromatic heterocycles. The summed E-state index contributed by atoms with van der Waals surface area (Å²) in [7, 11) is 0. The minimum atomic E-state index is 0.165. The summed E-state index contributed by atoms with van der Waals surface area (Å²) in [6.07, 6.45) is 1.22. The van der Waals surface area contributed by atoms with E-state index in [1.807, 2.05) is 47.4 Å². The molecule has 1 amide bonds. The van der Waals surface area contributed by atoms with Crippen LogP contribution in [-0.2, 0) is 0 Å². The van der Waals surface area contributed by atoms with Crippen LogP contribution >= 0.6 is 0 Å². The Hall–Kier alpha value is -2.09. The number of piperidine rings is 1. The van der Waals surface area contributed by atoms with Gasteiger partial charge >= 0.3 is 0 Å². The second-order valence-corrected chi connectivity index (χ2v) is 6.60. The number of nitrogens with zero attached hydrogens (tertiary/aromatic N) is 1. The molecule has 0 spiro atoms. The molecule has 0 bridgehead atoms. The highest BCUT2D eigenvalue weighted by Gasteiger charge is 2.25. The highest BCUT2D eigenvalue weighted by molar-refractivity contribution is 5.94. The van der Waals surface area contributed by atoms with Gasteiger partial charge in [-0.2, -0.15) is 0 Å². The predicted octanol–water partition coefficient (Wildman–Crippen LogP) is 4.47. The normalized spacial score (nSPS) is 21.6. The van der Waals surface area contributed by atoms with E-state index >= 15 is 0 Å². The molecule has 0 N–H and O–H groups in total. The Kier molecular flexibility index (Phi) is 4.28. The number of amides is 1. The molecule has 0 radical (unpaired) electrons. The van der Waals surface area contributed by atoms with Gasteiger partial charge in [0.2, 0.25) is 0 Å². The van der Waals surface area contributed by atoms with E-state index in [0.29, 0.717) is 11.8 Å². The molecule has 2 heteroatoms. The third kappa shape index (κ3) is 3.22. The summed E-state index contributed by atoms with van der Waals surface area (Å²) >= 11 is 0. The molecular weight excluding hydrogens is 270 g/mol. The van der Waals surface area contributed by atoms with Crippen molar-refractivity contribution in [2.45, 2.75) is 20.3 Å². The zero-order valence-electron chi connectivity index (χ0n) is 13.3. The Balaban J connectivity index is 1.76. The monoisotopic (exact) mass is 293 g/mol. The molecule has 2 aromatic carbocycles. The maximum absolute atomic E-state index is 12.7.